The van der Waals surface area contributed by atoms with Crippen molar-refractivity contribution in [2.75, 3.05) is 0 Å². The highest BCUT2D eigenvalue weighted by atomic mass is 35.5. The van der Waals surface area contributed by atoms with Crippen LogP contribution in [0.3, 0.4) is 0 Å². The summed E-state index contributed by atoms with van der Waals surface area (Å²) in [5.74, 6) is 0.801. The average molecular weight is 318 g/mol. The van der Waals surface area contributed by atoms with Gasteiger partial charge in [0.05, 0.1) is 0 Å². The van der Waals surface area contributed by atoms with Gasteiger partial charge in [0.2, 0.25) is 0 Å². The molecule has 0 saturated heterocycles. The summed E-state index contributed by atoms with van der Waals surface area (Å²) < 4.78 is 0. The summed E-state index contributed by atoms with van der Waals surface area (Å²) in [5.41, 5.74) is 2.94. The van der Waals surface area contributed by atoms with E-state index in [1.165, 1.54) is 37.7 Å². The lowest BCUT2D eigenvalue weighted by Crippen LogP contribution is -2.29. The van der Waals surface area contributed by atoms with Gasteiger partial charge in [0.15, 0.2) is 0 Å². The van der Waals surface area contributed by atoms with Gasteiger partial charge >= 0.3 is 0 Å². The van der Waals surface area contributed by atoms with Crippen LogP contribution < -0.4 is 5.32 Å². The molecule has 21 heavy (non-hydrogen) atoms. The molecule has 1 saturated carbocycles. The van der Waals surface area contributed by atoms with E-state index in [0.29, 0.717) is 12.1 Å². The Hall–Kier alpha value is -0.830. The third-order valence-electron chi connectivity index (χ3n) is 4.76. The maximum atomic E-state index is 6.04. The Morgan fingerprint density at radius 1 is 1.10 bits per heavy atom. The normalized spacial score (nSPS) is 22.8. The molecular weight excluding hydrogens is 298 g/mol. The number of benzene rings is 1. The Kier molecular flexibility index (Phi) is 3.78. The van der Waals surface area contributed by atoms with E-state index in [0.717, 1.165) is 10.9 Å². The average Bonchev–Trinajstić information content (AvgIpc) is 3.22. The van der Waals surface area contributed by atoms with Crippen molar-refractivity contribution in [3.05, 3.63) is 56.7 Å². The van der Waals surface area contributed by atoms with Gasteiger partial charge in [-0.15, -0.1) is 11.3 Å². The Morgan fingerprint density at radius 3 is 2.67 bits per heavy atom. The van der Waals surface area contributed by atoms with Crippen LogP contribution in [0.1, 0.15) is 53.8 Å². The molecule has 2 aliphatic rings. The molecule has 1 nitrogen and oxygen atoms in total. The Balaban J connectivity index is 1.58. The van der Waals surface area contributed by atoms with Gasteiger partial charge in [0, 0.05) is 22.0 Å². The van der Waals surface area contributed by atoms with Crippen molar-refractivity contribution >= 4 is 22.9 Å². The SMILES string of the molecule is Clc1ccc(C(NC2CCCc3sccc32)C2CC2)cc1. The summed E-state index contributed by atoms with van der Waals surface area (Å²) in [6, 6.07) is 11.8. The summed E-state index contributed by atoms with van der Waals surface area (Å²) in [6.45, 7) is 0. The minimum Gasteiger partial charge on any atom is -0.303 e. The molecular formula is C18H20ClNS. The molecule has 1 heterocycles. The van der Waals surface area contributed by atoms with E-state index < -0.39 is 0 Å². The maximum Gasteiger partial charge on any atom is 0.0406 e. The quantitative estimate of drug-likeness (QED) is 0.783. The van der Waals surface area contributed by atoms with E-state index in [9.17, 15) is 0 Å². The molecule has 2 atom stereocenters. The summed E-state index contributed by atoms with van der Waals surface area (Å²) in [7, 11) is 0. The first-order chi connectivity index (χ1) is 10.3. The lowest BCUT2D eigenvalue weighted by Gasteiger charge is -2.29. The second kappa shape index (κ2) is 5.75. The van der Waals surface area contributed by atoms with Crippen LogP contribution in [-0.4, -0.2) is 0 Å². The van der Waals surface area contributed by atoms with Crippen LogP contribution in [0.15, 0.2) is 35.7 Å². The van der Waals surface area contributed by atoms with Gasteiger partial charge in [0.25, 0.3) is 0 Å². The lowest BCUT2D eigenvalue weighted by molar-refractivity contribution is 0.376. The summed E-state index contributed by atoms with van der Waals surface area (Å²) in [6.07, 6.45) is 6.54. The zero-order valence-corrected chi connectivity index (χ0v) is 13.6. The standard InChI is InChI=1S/C18H20ClNS/c19-14-8-6-13(7-9-14)18(12-4-5-12)20-16-2-1-3-17-15(16)10-11-21-17/h6-12,16,18,20H,1-5H2. The highest BCUT2D eigenvalue weighted by molar-refractivity contribution is 7.10. The van der Waals surface area contributed by atoms with Crippen LogP contribution in [0.25, 0.3) is 0 Å². The minimum absolute atomic E-state index is 0.484. The van der Waals surface area contributed by atoms with E-state index in [4.69, 9.17) is 11.6 Å². The van der Waals surface area contributed by atoms with E-state index in [-0.39, 0.29) is 0 Å². The molecule has 0 radical (unpaired) electrons. The number of hydrogen-bond donors (Lipinski definition) is 1. The van der Waals surface area contributed by atoms with Crippen molar-refractivity contribution in [2.45, 2.75) is 44.2 Å². The molecule has 1 N–H and O–H groups in total. The smallest absolute Gasteiger partial charge is 0.0406 e. The number of aryl methyl sites for hydroxylation is 1. The third-order valence-corrected chi connectivity index (χ3v) is 6.00. The lowest BCUT2D eigenvalue weighted by atomic mass is 9.91. The van der Waals surface area contributed by atoms with E-state index in [1.807, 2.05) is 23.5 Å². The minimum atomic E-state index is 0.484. The Bertz CT molecular complexity index is 614. The molecule has 2 unspecified atom stereocenters. The number of thiophene rings is 1. The molecule has 2 aliphatic carbocycles. The van der Waals surface area contributed by atoms with Crippen molar-refractivity contribution < 1.29 is 0 Å². The summed E-state index contributed by atoms with van der Waals surface area (Å²) in [4.78, 5) is 1.59. The van der Waals surface area contributed by atoms with Gasteiger partial charge in [-0.2, -0.15) is 0 Å². The summed E-state index contributed by atoms with van der Waals surface area (Å²) >= 11 is 7.96. The van der Waals surface area contributed by atoms with E-state index in [1.54, 1.807) is 10.4 Å². The number of rotatable bonds is 4. The van der Waals surface area contributed by atoms with Crippen molar-refractivity contribution in [3.63, 3.8) is 0 Å². The fraction of sp³-hybridized carbons (Fsp3) is 0.444. The molecule has 2 aromatic rings. The predicted octanol–water partition coefficient (Wildman–Crippen LogP) is 5.52. The zero-order valence-electron chi connectivity index (χ0n) is 12.0. The highest BCUT2D eigenvalue weighted by Gasteiger charge is 2.34. The monoisotopic (exact) mass is 317 g/mol. The molecule has 1 fully saturated rings. The number of halogens is 1. The fourth-order valence-electron chi connectivity index (χ4n) is 3.48. The van der Waals surface area contributed by atoms with Crippen molar-refractivity contribution in [2.24, 2.45) is 5.92 Å². The first-order valence-corrected chi connectivity index (χ1v) is 9.15. The largest absolute Gasteiger partial charge is 0.303 e. The maximum absolute atomic E-state index is 6.04. The second-order valence-electron chi connectivity index (χ2n) is 6.28. The number of hydrogen-bond acceptors (Lipinski definition) is 2. The van der Waals surface area contributed by atoms with Crippen molar-refractivity contribution in [3.8, 4) is 0 Å². The Labute approximate surface area is 135 Å². The van der Waals surface area contributed by atoms with Crippen molar-refractivity contribution in [1.29, 1.82) is 0 Å². The number of nitrogens with one attached hydrogen (secondary N) is 1. The molecule has 4 rings (SSSR count). The van der Waals surface area contributed by atoms with Crippen LogP contribution in [0, 0.1) is 5.92 Å². The molecule has 0 bridgehead atoms. The fourth-order valence-corrected chi connectivity index (χ4v) is 4.59. The van der Waals surface area contributed by atoms with Gasteiger partial charge < -0.3 is 5.32 Å². The molecule has 0 spiro atoms. The van der Waals surface area contributed by atoms with Crippen molar-refractivity contribution in [1.82, 2.24) is 5.32 Å². The topological polar surface area (TPSA) is 12.0 Å². The first-order valence-electron chi connectivity index (χ1n) is 7.89. The predicted molar refractivity (Wildman–Crippen MR) is 90.1 cm³/mol. The third kappa shape index (κ3) is 2.90. The van der Waals surface area contributed by atoms with Gasteiger partial charge in [0.1, 0.15) is 0 Å². The molecule has 1 aromatic carbocycles. The van der Waals surface area contributed by atoms with Crippen LogP contribution >= 0.6 is 22.9 Å². The van der Waals surface area contributed by atoms with Crippen LogP contribution in [0.5, 0.6) is 0 Å². The Morgan fingerprint density at radius 2 is 1.90 bits per heavy atom. The van der Waals surface area contributed by atoms with Crippen LogP contribution in [0.2, 0.25) is 5.02 Å². The van der Waals surface area contributed by atoms with Gasteiger partial charge in [-0.1, -0.05) is 23.7 Å². The molecule has 1 aromatic heterocycles. The summed E-state index contributed by atoms with van der Waals surface area (Å²) in [5, 5.41) is 7.03. The molecule has 3 heteroatoms. The van der Waals surface area contributed by atoms with Gasteiger partial charge in [-0.25, -0.2) is 0 Å². The second-order valence-corrected chi connectivity index (χ2v) is 7.71. The molecule has 110 valence electrons. The molecule has 0 aliphatic heterocycles. The van der Waals surface area contributed by atoms with E-state index in [2.05, 4.69) is 28.9 Å². The molecule has 0 amide bonds. The van der Waals surface area contributed by atoms with Crippen LogP contribution in [0.4, 0.5) is 0 Å². The highest BCUT2D eigenvalue weighted by Crippen LogP contribution is 2.44. The number of fused-ring (bicyclic) bond motifs is 1. The first kappa shape index (κ1) is 13.8. The van der Waals surface area contributed by atoms with Crippen LogP contribution in [-0.2, 0) is 6.42 Å². The van der Waals surface area contributed by atoms with Gasteiger partial charge in [-0.3, -0.25) is 0 Å². The zero-order chi connectivity index (χ0) is 14.2. The van der Waals surface area contributed by atoms with E-state index >= 15 is 0 Å². The van der Waals surface area contributed by atoms with Gasteiger partial charge in [-0.05, 0) is 72.7 Å².